The van der Waals surface area contributed by atoms with E-state index in [9.17, 15) is 13.2 Å². The molecule has 0 aliphatic carbocycles. The number of sulfonamides is 1. The van der Waals surface area contributed by atoms with Crippen molar-refractivity contribution < 1.29 is 22.7 Å². The Morgan fingerprint density at radius 2 is 1.86 bits per heavy atom. The summed E-state index contributed by atoms with van der Waals surface area (Å²) in [5.74, 6) is 0.115. The summed E-state index contributed by atoms with van der Waals surface area (Å²) < 4.78 is 39.4. The molecule has 0 fully saturated rings. The van der Waals surface area contributed by atoms with Gasteiger partial charge in [0.2, 0.25) is 10.0 Å². The number of hydrogen-bond donors (Lipinski definition) is 1. The number of ether oxygens (including phenoxy) is 2. The number of esters is 1. The molecule has 0 aliphatic rings. The highest BCUT2D eigenvalue weighted by Crippen LogP contribution is 2.26. The summed E-state index contributed by atoms with van der Waals surface area (Å²) in [7, 11) is -2.25. The van der Waals surface area contributed by atoms with Crippen LogP contribution in [0.3, 0.4) is 0 Å². The van der Waals surface area contributed by atoms with E-state index in [1.807, 2.05) is 35.9 Å². The Morgan fingerprint density at radius 1 is 1.11 bits per heavy atom. The second-order valence-corrected chi connectivity index (χ2v) is 8.04. The van der Waals surface area contributed by atoms with Gasteiger partial charge in [0.25, 0.3) is 0 Å². The average molecular weight is 402 g/mol. The Morgan fingerprint density at radius 3 is 2.57 bits per heavy atom. The van der Waals surface area contributed by atoms with Crippen molar-refractivity contribution in [3.05, 3.63) is 60.3 Å². The molecule has 2 aromatic carbocycles. The first-order valence-corrected chi connectivity index (χ1v) is 10.2. The molecule has 28 heavy (non-hydrogen) atoms. The lowest BCUT2D eigenvalue weighted by Crippen LogP contribution is -2.27. The molecule has 1 aromatic heterocycles. The van der Waals surface area contributed by atoms with Gasteiger partial charge >= 0.3 is 5.97 Å². The van der Waals surface area contributed by atoms with Crippen molar-refractivity contribution in [3.63, 3.8) is 0 Å². The van der Waals surface area contributed by atoms with Crippen molar-refractivity contribution in [2.45, 2.75) is 18.4 Å². The van der Waals surface area contributed by atoms with Crippen molar-refractivity contribution >= 4 is 26.9 Å². The van der Waals surface area contributed by atoms with Gasteiger partial charge in [0.1, 0.15) is 5.75 Å². The summed E-state index contributed by atoms with van der Waals surface area (Å²) in [6.45, 7) is 2.43. The zero-order chi connectivity index (χ0) is 20.1. The molecule has 0 aliphatic heterocycles. The van der Waals surface area contributed by atoms with E-state index in [0.717, 1.165) is 16.5 Å². The van der Waals surface area contributed by atoms with E-state index in [-0.39, 0.29) is 18.0 Å². The normalized spacial score (nSPS) is 11.5. The zero-order valence-corrected chi connectivity index (χ0v) is 16.5. The minimum atomic E-state index is -3.55. The molecule has 0 saturated heterocycles. The zero-order valence-electron chi connectivity index (χ0n) is 15.7. The van der Waals surface area contributed by atoms with Crippen LogP contribution in [-0.2, 0) is 26.1 Å². The van der Waals surface area contributed by atoms with Gasteiger partial charge in [-0.25, -0.2) is 17.9 Å². The number of nitrogens with zero attached hydrogens (tertiary/aromatic N) is 1. The third kappa shape index (κ3) is 4.52. The van der Waals surface area contributed by atoms with Crippen LogP contribution in [0.2, 0.25) is 0 Å². The maximum absolute atomic E-state index is 12.4. The number of rotatable bonds is 8. The van der Waals surface area contributed by atoms with Gasteiger partial charge in [-0.05, 0) is 37.3 Å². The number of aryl methyl sites for hydroxylation is 1. The van der Waals surface area contributed by atoms with Crippen molar-refractivity contribution in [3.8, 4) is 5.75 Å². The monoisotopic (exact) mass is 402 g/mol. The Balaban J connectivity index is 1.68. The predicted molar refractivity (Wildman–Crippen MR) is 106 cm³/mol. The van der Waals surface area contributed by atoms with Crippen LogP contribution in [0.1, 0.15) is 5.56 Å². The van der Waals surface area contributed by atoms with E-state index in [1.165, 1.54) is 7.11 Å². The van der Waals surface area contributed by atoms with Crippen LogP contribution in [0.15, 0.2) is 59.6 Å². The molecule has 1 heterocycles. The van der Waals surface area contributed by atoms with Gasteiger partial charge < -0.3 is 14.0 Å². The molecule has 0 atom stereocenters. The Labute approximate surface area is 163 Å². The van der Waals surface area contributed by atoms with E-state index in [0.29, 0.717) is 12.3 Å². The first-order valence-electron chi connectivity index (χ1n) is 8.74. The van der Waals surface area contributed by atoms with Gasteiger partial charge in [-0.3, -0.25) is 0 Å². The van der Waals surface area contributed by atoms with Crippen molar-refractivity contribution in [1.29, 1.82) is 0 Å². The van der Waals surface area contributed by atoms with Crippen LogP contribution in [0, 0.1) is 6.92 Å². The van der Waals surface area contributed by atoms with E-state index in [1.54, 1.807) is 30.3 Å². The van der Waals surface area contributed by atoms with Crippen LogP contribution in [-0.4, -0.2) is 39.2 Å². The highest BCUT2D eigenvalue weighted by Gasteiger charge is 2.14. The minimum absolute atomic E-state index is 0.170. The number of carbonyl (C=O) groups is 1. The highest BCUT2D eigenvalue weighted by atomic mass is 32.2. The molecule has 8 heteroatoms. The Kier molecular flexibility index (Phi) is 6.01. The number of fused-ring (bicyclic) bond motifs is 1. The SMILES string of the molecule is COC(=O)COc1cccc2c1ccn2CCNS(=O)(=O)c1ccc(C)cc1. The van der Waals surface area contributed by atoms with Gasteiger partial charge in [-0.15, -0.1) is 0 Å². The number of benzene rings is 2. The molecule has 3 aromatic rings. The van der Waals surface area contributed by atoms with E-state index in [2.05, 4.69) is 9.46 Å². The summed E-state index contributed by atoms with van der Waals surface area (Å²) in [6.07, 6.45) is 1.86. The van der Waals surface area contributed by atoms with Crippen LogP contribution in [0.25, 0.3) is 10.9 Å². The van der Waals surface area contributed by atoms with E-state index in [4.69, 9.17) is 4.74 Å². The quantitative estimate of drug-likeness (QED) is 0.585. The summed E-state index contributed by atoms with van der Waals surface area (Å²) in [5, 5.41) is 0.841. The Hall–Kier alpha value is -2.84. The molecule has 0 unspecified atom stereocenters. The van der Waals surface area contributed by atoms with Gasteiger partial charge in [0.05, 0.1) is 17.5 Å². The summed E-state index contributed by atoms with van der Waals surface area (Å²) >= 11 is 0. The molecule has 0 saturated carbocycles. The number of methoxy groups -OCH3 is 1. The van der Waals surface area contributed by atoms with Crippen LogP contribution in [0.5, 0.6) is 5.75 Å². The third-order valence-electron chi connectivity index (χ3n) is 4.32. The van der Waals surface area contributed by atoms with Crippen molar-refractivity contribution in [2.75, 3.05) is 20.3 Å². The molecular formula is C20H22N2O5S. The maximum Gasteiger partial charge on any atom is 0.343 e. The summed E-state index contributed by atoms with van der Waals surface area (Å²) in [6, 6.07) is 14.1. The second-order valence-electron chi connectivity index (χ2n) is 6.27. The molecular weight excluding hydrogens is 380 g/mol. The predicted octanol–water partition coefficient (Wildman–Crippen LogP) is 2.48. The lowest BCUT2D eigenvalue weighted by molar-refractivity contribution is -0.142. The number of aromatic nitrogens is 1. The van der Waals surface area contributed by atoms with Crippen LogP contribution >= 0.6 is 0 Å². The number of carbonyl (C=O) groups excluding carboxylic acids is 1. The van der Waals surface area contributed by atoms with Crippen LogP contribution in [0.4, 0.5) is 0 Å². The summed E-state index contributed by atoms with van der Waals surface area (Å²) in [4.78, 5) is 11.5. The molecule has 0 amide bonds. The molecule has 0 bridgehead atoms. The van der Waals surface area contributed by atoms with Gasteiger partial charge in [0, 0.05) is 24.7 Å². The minimum Gasteiger partial charge on any atom is -0.481 e. The van der Waals surface area contributed by atoms with Gasteiger partial charge in [-0.2, -0.15) is 0 Å². The van der Waals surface area contributed by atoms with E-state index < -0.39 is 16.0 Å². The number of nitrogens with one attached hydrogen (secondary N) is 1. The smallest absolute Gasteiger partial charge is 0.343 e. The topological polar surface area (TPSA) is 86.6 Å². The van der Waals surface area contributed by atoms with Gasteiger partial charge in [-0.1, -0.05) is 23.8 Å². The second kappa shape index (κ2) is 8.45. The van der Waals surface area contributed by atoms with Crippen molar-refractivity contribution in [1.82, 2.24) is 9.29 Å². The molecule has 1 N–H and O–H groups in total. The largest absolute Gasteiger partial charge is 0.481 e. The lowest BCUT2D eigenvalue weighted by atomic mass is 10.2. The fourth-order valence-corrected chi connectivity index (χ4v) is 3.83. The average Bonchev–Trinajstić information content (AvgIpc) is 3.10. The summed E-state index contributed by atoms with van der Waals surface area (Å²) in [5.41, 5.74) is 1.89. The maximum atomic E-state index is 12.4. The highest BCUT2D eigenvalue weighted by molar-refractivity contribution is 7.89. The standard InChI is InChI=1S/C20H22N2O5S/c1-15-6-8-16(9-7-15)28(24,25)21-11-13-22-12-10-17-18(22)4-3-5-19(17)27-14-20(23)26-2/h3-10,12,21H,11,13-14H2,1-2H3. The number of hydrogen-bond acceptors (Lipinski definition) is 5. The fraction of sp³-hybridized carbons (Fsp3) is 0.250. The first-order chi connectivity index (χ1) is 13.4. The molecule has 0 spiro atoms. The Bertz CT molecular complexity index is 1070. The molecule has 7 nitrogen and oxygen atoms in total. The molecule has 0 radical (unpaired) electrons. The molecule has 3 rings (SSSR count). The fourth-order valence-electron chi connectivity index (χ4n) is 2.81. The van der Waals surface area contributed by atoms with Crippen molar-refractivity contribution in [2.24, 2.45) is 0 Å². The lowest BCUT2D eigenvalue weighted by Gasteiger charge is -2.10. The van der Waals surface area contributed by atoms with Gasteiger partial charge in [0.15, 0.2) is 6.61 Å². The first kappa shape index (κ1) is 19.9. The third-order valence-corrected chi connectivity index (χ3v) is 5.80. The molecule has 148 valence electrons. The van der Waals surface area contributed by atoms with E-state index >= 15 is 0 Å². The van der Waals surface area contributed by atoms with Crippen LogP contribution < -0.4 is 9.46 Å².